The number of benzene rings is 1. The second-order valence-electron chi connectivity index (χ2n) is 10.6. The highest BCUT2D eigenvalue weighted by Crippen LogP contribution is 2.47. The third kappa shape index (κ3) is 5.72. The summed E-state index contributed by atoms with van der Waals surface area (Å²) >= 11 is 0. The van der Waals surface area contributed by atoms with Gasteiger partial charge in [0.15, 0.2) is 5.60 Å². The molecule has 212 valence electrons. The number of likely N-dealkylation sites (tertiary alicyclic amines) is 1. The minimum atomic E-state index is -1.88. The van der Waals surface area contributed by atoms with E-state index in [4.69, 9.17) is 4.74 Å². The van der Waals surface area contributed by atoms with Crippen molar-refractivity contribution >= 4 is 35.1 Å². The van der Waals surface area contributed by atoms with Gasteiger partial charge in [-0.1, -0.05) is 19.1 Å². The molecule has 2 N–H and O–H groups in total. The molecule has 1 aromatic rings. The highest BCUT2D eigenvalue weighted by atomic mass is 16.5. The van der Waals surface area contributed by atoms with Crippen molar-refractivity contribution in [1.82, 2.24) is 4.90 Å². The Bertz CT molecular complexity index is 1140. The van der Waals surface area contributed by atoms with Crippen LogP contribution in [0.15, 0.2) is 30.4 Å². The van der Waals surface area contributed by atoms with Crippen LogP contribution in [0.2, 0.25) is 0 Å². The summed E-state index contributed by atoms with van der Waals surface area (Å²) in [4.78, 5) is 55.3. The number of amides is 3. The highest BCUT2D eigenvalue weighted by molar-refractivity contribution is 6.08. The number of hydrogen-bond acceptors (Lipinski definition) is 7. The molecule has 0 bridgehead atoms. The number of methoxy groups -OCH3 is 1. The van der Waals surface area contributed by atoms with E-state index in [1.807, 2.05) is 0 Å². The fraction of sp³-hybridized carbons (Fsp3) is 0.586. The first-order valence-corrected chi connectivity index (χ1v) is 13.8. The zero-order valence-electron chi connectivity index (χ0n) is 22.8. The molecular weight excluding hydrogens is 502 g/mol. The summed E-state index contributed by atoms with van der Waals surface area (Å²) in [5.74, 6) is -1.52. The van der Waals surface area contributed by atoms with E-state index in [-0.39, 0.29) is 43.3 Å². The first-order chi connectivity index (χ1) is 18.7. The zero-order valence-corrected chi connectivity index (χ0v) is 22.8. The van der Waals surface area contributed by atoms with Crippen molar-refractivity contribution in [3.8, 4) is 0 Å². The van der Waals surface area contributed by atoms with Crippen molar-refractivity contribution in [1.29, 1.82) is 0 Å². The Kier molecular flexibility index (Phi) is 9.07. The van der Waals surface area contributed by atoms with Crippen LogP contribution in [0, 0.1) is 5.92 Å². The standard InChI is InChI=1S/C29H39N3O7/c1-20(8-5-10-25(34)31-16-6-9-22(31)19-33)29(38)23-18-21(30-17-7-11-26(30)35)13-14-24(23)32(28(29)37)15-4-3-12-27(36)39-2/h5,8,13-14,18,20,22,33,38H,3-4,6-7,9-12,15-17,19H2,1-2H3/b8-5+/t20-,22+,29+/m1/s1. The molecule has 0 aromatic heterocycles. The number of anilines is 2. The Labute approximate surface area is 229 Å². The fourth-order valence-electron chi connectivity index (χ4n) is 5.87. The van der Waals surface area contributed by atoms with E-state index in [2.05, 4.69) is 0 Å². The van der Waals surface area contributed by atoms with Gasteiger partial charge in [-0.3, -0.25) is 19.2 Å². The van der Waals surface area contributed by atoms with Gasteiger partial charge in [-0.25, -0.2) is 0 Å². The SMILES string of the molecule is COC(=O)CCCCN1C(=O)[C@](O)([C@H](C)/C=C/CC(=O)N2CCC[C@H]2CO)c2cc(N3CCCC3=O)ccc21. The number of aliphatic hydroxyl groups excluding tert-OH is 1. The second kappa shape index (κ2) is 12.3. The van der Waals surface area contributed by atoms with Crippen molar-refractivity contribution in [2.24, 2.45) is 5.92 Å². The van der Waals surface area contributed by atoms with Crippen LogP contribution in [0.4, 0.5) is 11.4 Å². The van der Waals surface area contributed by atoms with Gasteiger partial charge in [0.2, 0.25) is 11.8 Å². The molecule has 10 heteroatoms. The molecule has 0 unspecified atom stereocenters. The molecule has 3 atom stereocenters. The topological polar surface area (TPSA) is 128 Å². The molecule has 3 amide bonds. The predicted molar refractivity (Wildman–Crippen MR) is 145 cm³/mol. The smallest absolute Gasteiger partial charge is 0.305 e. The maximum Gasteiger partial charge on any atom is 0.305 e. The largest absolute Gasteiger partial charge is 0.469 e. The number of rotatable bonds is 11. The number of hydrogen-bond donors (Lipinski definition) is 2. The number of carbonyl (C=O) groups excluding carboxylic acids is 4. The van der Waals surface area contributed by atoms with Crippen LogP contribution in [0.5, 0.6) is 0 Å². The number of unbranched alkanes of at least 4 members (excludes halogenated alkanes) is 1. The van der Waals surface area contributed by atoms with E-state index < -0.39 is 17.4 Å². The monoisotopic (exact) mass is 541 g/mol. The lowest BCUT2D eigenvalue weighted by Gasteiger charge is -2.28. The molecule has 0 aliphatic carbocycles. The zero-order chi connectivity index (χ0) is 28.2. The lowest BCUT2D eigenvalue weighted by Crippen LogP contribution is -2.44. The van der Waals surface area contributed by atoms with Crippen LogP contribution >= 0.6 is 0 Å². The lowest BCUT2D eigenvalue weighted by molar-refractivity contribution is -0.140. The van der Waals surface area contributed by atoms with Gasteiger partial charge in [0.1, 0.15) is 0 Å². The van der Waals surface area contributed by atoms with E-state index in [0.29, 0.717) is 55.8 Å². The van der Waals surface area contributed by atoms with Gasteiger partial charge >= 0.3 is 5.97 Å². The van der Waals surface area contributed by atoms with Gasteiger partial charge in [-0.2, -0.15) is 0 Å². The predicted octanol–water partition coefficient (Wildman–Crippen LogP) is 2.26. The van der Waals surface area contributed by atoms with Crippen LogP contribution < -0.4 is 9.80 Å². The molecule has 0 radical (unpaired) electrons. The summed E-state index contributed by atoms with van der Waals surface area (Å²) in [5.41, 5.74) is -0.223. The second-order valence-corrected chi connectivity index (χ2v) is 10.6. The van der Waals surface area contributed by atoms with Crippen molar-refractivity contribution in [2.75, 3.05) is 43.2 Å². The summed E-state index contributed by atoms with van der Waals surface area (Å²) in [5, 5.41) is 21.5. The number of nitrogens with zero attached hydrogens (tertiary/aromatic N) is 3. The molecule has 39 heavy (non-hydrogen) atoms. The first-order valence-electron chi connectivity index (χ1n) is 13.8. The summed E-state index contributed by atoms with van der Waals surface area (Å²) in [6, 6.07) is 5.15. The number of aliphatic hydroxyl groups is 2. The average Bonchev–Trinajstić information content (AvgIpc) is 3.64. The summed E-state index contributed by atoms with van der Waals surface area (Å²) in [6.45, 7) is 3.20. The molecule has 3 aliphatic rings. The minimum absolute atomic E-state index is 0.0111. The first kappa shape index (κ1) is 28.8. The van der Waals surface area contributed by atoms with E-state index in [1.165, 1.54) is 7.11 Å². The summed E-state index contributed by atoms with van der Waals surface area (Å²) in [7, 11) is 1.34. The van der Waals surface area contributed by atoms with Gasteiger partial charge in [0, 0.05) is 56.1 Å². The molecule has 3 aliphatic heterocycles. The van der Waals surface area contributed by atoms with Gasteiger partial charge < -0.3 is 29.6 Å². The molecule has 10 nitrogen and oxygen atoms in total. The fourth-order valence-corrected chi connectivity index (χ4v) is 5.87. The van der Waals surface area contributed by atoms with Gasteiger partial charge in [-0.05, 0) is 50.3 Å². The maximum atomic E-state index is 13.8. The van der Waals surface area contributed by atoms with Crippen LogP contribution in [0.3, 0.4) is 0 Å². The Morgan fingerprint density at radius 3 is 2.69 bits per heavy atom. The van der Waals surface area contributed by atoms with Crippen molar-refractivity contribution in [3.05, 3.63) is 35.9 Å². The number of esters is 1. The Morgan fingerprint density at radius 1 is 1.21 bits per heavy atom. The van der Waals surface area contributed by atoms with Crippen molar-refractivity contribution in [3.63, 3.8) is 0 Å². The quantitative estimate of drug-likeness (QED) is 0.250. The Hall–Kier alpha value is -3.24. The normalized spacial score (nSPS) is 23.7. The van der Waals surface area contributed by atoms with Crippen LogP contribution in [0.1, 0.15) is 63.9 Å². The summed E-state index contributed by atoms with van der Waals surface area (Å²) in [6.07, 6.45) is 7.67. The van der Waals surface area contributed by atoms with Gasteiger partial charge in [0.05, 0.1) is 25.4 Å². The molecule has 4 rings (SSSR count). The van der Waals surface area contributed by atoms with Crippen molar-refractivity contribution in [2.45, 2.75) is 69.9 Å². The molecule has 3 heterocycles. The molecule has 1 aromatic carbocycles. The summed E-state index contributed by atoms with van der Waals surface area (Å²) < 4.78 is 4.70. The molecule has 0 saturated carbocycles. The van der Waals surface area contributed by atoms with Gasteiger partial charge in [-0.15, -0.1) is 0 Å². The number of fused-ring (bicyclic) bond motifs is 1. The third-order valence-electron chi connectivity index (χ3n) is 8.16. The van der Waals surface area contributed by atoms with E-state index >= 15 is 0 Å². The Morgan fingerprint density at radius 2 is 2.00 bits per heavy atom. The number of carbonyl (C=O) groups is 4. The van der Waals surface area contributed by atoms with E-state index in [9.17, 15) is 29.4 Å². The lowest BCUT2D eigenvalue weighted by atomic mass is 9.82. The van der Waals surface area contributed by atoms with Crippen LogP contribution in [-0.4, -0.2) is 78.2 Å². The van der Waals surface area contributed by atoms with Crippen molar-refractivity contribution < 1.29 is 34.1 Å². The third-order valence-corrected chi connectivity index (χ3v) is 8.16. The van der Waals surface area contributed by atoms with Crippen LogP contribution in [0.25, 0.3) is 0 Å². The van der Waals surface area contributed by atoms with Crippen LogP contribution in [-0.2, 0) is 29.5 Å². The Balaban J connectivity index is 1.56. The molecule has 2 fully saturated rings. The molecular formula is C29H39N3O7. The highest BCUT2D eigenvalue weighted by Gasteiger charge is 2.52. The van der Waals surface area contributed by atoms with Gasteiger partial charge in [0.25, 0.3) is 5.91 Å². The molecule has 0 spiro atoms. The van der Waals surface area contributed by atoms with E-state index in [0.717, 1.165) is 19.3 Å². The van der Waals surface area contributed by atoms with E-state index in [1.54, 1.807) is 52.0 Å². The average molecular weight is 542 g/mol. The molecule has 2 saturated heterocycles. The minimum Gasteiger partial charge on any atom is -0.469 e. The number of ether oxygens (including phenoxy) is 1. The maximum absolute atomic E-state index is 13.8.